The molecule has 9 aromatic rings. The van der Waals surface area contributed by atoms with Gasteiger partial charge in [-0.2, -0.15) is 0 Å². The van der Waals surface area contributed by atoms with Crippen molar-refractivity contribution in [1.82, 2.24) is 0 Å². The van der Waals surface area contributed by atoms with Gasteiger partial charge >= 0.3 is 0 Å². The van der Waals surface area contributed by atoms with Gasteiger partial charge in [0.25, 0.3) is 0 Å². The van der Waals surface area contributed by atoms with Crippen molar-refractivity contribution < 1.29 is 0 Å². The highest BCUT2D eigenvalue weighted by Crippen LogP contribution is 2.69. The van der Waals surface area contributed by atoms with Gasteiger partial charge in [-0.1, -0.05) is 172 Å². The van der Waals surface area contributed by atoms with Gasteiger partial charge in [0, 0.05) is 22.2 Å². The largest absolute Gasteiger partial charge is 0.309 e. The summed E-state index contributed by atoms with van der Waals surface area (Å²) in [4.78, 5) is 2.67. The van der Waals surface area contributed by atoms with Crippen LogP contribution < -0.4 is 4.90 Å². The third-order valence-electron chi connectivity index (χ3n) is 22.1. The molecule has 8 bridgehead atoms. The quantitative estimate of drug-likeness (QED) is 0.166. The van der Waals surface area contributed by atoms with Crippen LogP contribution in [0.1, 0.15) is 157 Å². The molecule has 20 rings (SSSR count). The van der Waals surface area contributed by atoms with Crippen LogP contribution in [0.15, 0.2) is 188 Å². The van der Waals surface area contributed by atoms with Gasteiger partial charge in [-0.15, -0.1) is 0 Å². The van der Waals surface area contributed by atoms with Gasteiger partial charge in [0.15, 0.2) is 0 Å². The Morgan fingerprint density at radius 3 is 1.40 bits per heavy atom. The summed E-state index contributed by atoms with van der Waals surface area (Å²) in [5, 5.41) is 0. The Labute approximate surface area is 455 Å². The molecule has 0 heterocycles. The molecule has 77 heavy (non-hydrogen) atoms. The van der Waals surface area contributed by atoms with Crippen LogP contribution in [0, 0.1) is 23.7 Å². The smallest absolute Gasteiger partial charge is 0.0726 e. The molecule has 1 spiro atoms. The molecule has 0 radical (unpaired) electrons. The number of rotatable bonds is 5. The van der Waals surface area contributed by atoms with Crippen LogP contribution in [0.25, 0.3) is 55.6 Å². The average Bonchev–Trinajstić information content (AvgIpc) is 4.00. The lowest BCUT2D eigenvalue weighted by atomic mass is 9.66. The zero-order chi connectivity index (χ0) is 50.5. The van der Waals surface area contributed by atoms with Crippen LogP contribution in [0.2, 0.25) is 0 Å². The van der Waals surface area contributed by atoms with Gasteiger partial charge in [-0.3, -0.25) is 0 Å². The van der Waals surface area contributed by atoms with E-state index in [1.807, 2.05) is 0 Å². The van der Waals surface area contributed by atoms with E-state index in [1.54, 1.807) is 44.5 Å². The van der Waals surface area contributed by atoms with E-state index in [-0.39, 0.29) is 5.41 Å². The lowest BCUT2D eigenvalue weighted by Gasteiger charge is -2.38. The van der Waals surface area contributed by atoms with E-state index in [2.05, 4.69) is 207 Å². The maximum absolute atomic E-state index is 2.87. The van der Waals surface area contributed by atoms with Crippen LogP contribution in [-0.4, -0.2) is 0 Å². The second kappa shape index (κ2) is 15.7. The van der Waals surface area contributed by atoms with Gasteiger partial charge in [-0.05, 0) is 242 Å². The van der Waals surface area contributed by atoms with Crippen molar-refractivity contribution in [3.05, 3.63) is 244 Å². The average molecular weight is 992 g/mol. The molecule has 0 saturated heterocycles. The molecule has 0 N–H and O–H groups in total. The van der Waals surface area contributed by atoms with Crippen molar-refractivity contribution >= 4 is 17.1 Å². The van der Waals surface area contributed by atoms with Crippen molar-refractivity contribution in [3.63, 3.8) is 0 Å². The van der Waals surface area contributed by atoms with Crippen LogP contribution >= 0.6 is 0 Å². The highest BCUT2D eigenvalue weighted by atomic mass is 15.1. The third kappa shape index (κ3) is 5.96. The molecule has 11 aliphatic carbocycles. The Bertz CT molecular complexity index is 3870. The topological polar surface area (TPSA) is 3.24 Å². The fourth-order valence-electron chi connectivity index (χ4n) is 19.3. The predicted molar refractivity (Wildman–Crippen MR) is 317 cm³/mol. The molecule has 4 fully saturated rings. The van der Waals surface area contributed by atoms with Crippen LogP contribution in [-0.2, 0) is 10.8 Å². The Morgan fingerprint density at radius 1 is 0.312 bits per heavy atom. The molecule has 4 saturated carbocycles. The van der Waals surface area contributed by atoms with E-state index in [1.165, 1.54) is 148 Å². The maximum Gasteiger partial charge on any atom is 0.0726 e. The Balaban J connectivity index is 0.896. The maximum atomic E-state index is 2.87. The summed E-state index contributed by atoms with van der Waals surface area (Å²) in [5.41, 5.74) is 32.2. The number of fused-ring (bicyclic) bond motifs is 13. The third-order valence-corrected chi connectivity index (χ3v) is 22.1. The minimum absolute atomic E-state index is 0.212. The van der Waals surface area contributed by atoms with Gasteiger partial charge in [0.05, 0.1) is 16.8 Å². The zero-order valence-corrected chi connectivity index (χ0v) is 44.5. The predicted octanol–water partition coefficient (Wildman–Crippen LogP) is 19.9. The number of benzene rings is 9. The number of para-hydroxylation sites is 1. The van der Waals surface area contributed by atoms with Crippen molar-refractivity contribution in [2.45, 2.75) is 113 Å². The molecule has 0 amide bonds. The highest BCUT2D eigenvalue weighted by Gasteiger charge is 2.55. The van der Waals surface area contributed by atoms with Crippen molar-refractivity contribution in [1.29, 1.82) is 0 Å². The summed E-state index contributed by atoms with van der Waals surface area (Å²) >= 11 is 0. The standard InChI is InChI=1S/C76H65N/c1-75(2)68-38-50(48-14-5-3-6-15-48)24-26-57(68)58-27-25-55(39-69(58)75)77(72-22-12-10-18-56(72)49-16-7-4-8-17-49)73-23-13-21-67-74(73)59-19-9-11-20-66(59)76(67)70-42-62-53-34-44-28-45(35-53)31-51(30-44)60(62)40-64(70)65-41-61-52-32-46-29-47(33-52)37-54(36-46)63(61)43-71(65)76/h3-27,38-47,51-54H,28-37H2,1-2H3. The number of hydrogen-bond donors (Lipinski definition) is 0. The number of anilines is 3. The summed E-state index contributed by atoms with van der Waals surface area (Å²) in [6, 6.07) is 74.4. The monoisotopic (exact) mass is 992 g/mol. The number of nitrogens with zero attached hydrogens (tertiary/aromatic N) is 1. The van der Waals surface area contributed by atoms with E-state index in [0.717, 1.165) is 23.7 Å². The normalized spacial score (nSPS) is 27.0. The minimum Gasteiger partial charge on any atom is -0.309 e. The molecule has 1 heteroatoms. The summed E-state index contributed by atoms with van der Waals surface area (Å²) in [6.07, 6.45) is 14.0. The molecule has 1 nitrogen and oxygen atoms in total. The first-order valence-electron chi connectivity index (χ1n) is 29.7. The molecule has 9 aromatic carbocycles. The zero-order valence-electron chi connectivity index (χ0n) is 44.5. The van der Waals surface area contributed by atoms with E-state index >= 15 is 0 Å². The second-order valence-electron chi connectivity index (χ2n) is 26.4. The first-order chi connectivity index (χ1) is 37.8. The van der Waals surface area contributed by atoms with Crippen molar-refractivity contribution in [2.75, 3.05) is 4.90 Å². The van der Waals surface area contributed by atoms with Crippen LogP contribution in [0.3, 0.4) is 0 Å². The van der Waals surface area contributed by atoms with E-state index < -0.39 is 5.41 Å². The van der Waals surface area contributed by atoms with E-state index in [9.17, 15) is 0 Å². The van der Waals surface area contributed by atoms with Crippen molar-refractivity contribution in [2.24, 2.45) is 23.7 Å². The fraction of sp³-hybridized carbons (Fsp3) is 0.289. The molecule has 4 unspecified atom stereocenters. The molecular formula is C76H65N. The van der Waals surface area contributed by atoms with Gasteiger partial charge in [0.2, 0.25) is 0 Å². The molecule has 11 aliphatic rings. The fourth-order valence-corrected chi connectivity index (χ4v) is 19.3. The van der Waals surface area contributed by atoms with Crippen LogP contribution in [0.5, 0.6) is 0 Å². The number of hydrogen-bond acceptors (Lipinski definition) is 1. The lowest BCUT2D eigenvalue weighted by Crippen LogP contribution is -2.27. The van der Waals surface area contributed by atoms with E-state index in [4.69, 9.17) is 0 Å². The lowest BCUT2D eigenvalue weighted by molar-refractivity contribution is 0.165. The molecular weight excluding hydrogens is 927 g/mol. The SMILES string of the molecule is CC1(C)c2cc(-c3ccccc3)ccc2-c2ccc(N(c3ccccc3-c3ccccc3)c3cccc4c3-c3ccccc3C43c4cc5c(cc4-c4cc6c(cc43)C3CC4CC(CC6C4)C3)C3CC4CC(C3)CC5C4)cc21. The molecule has 374 valence electrons. The summed E-state index contributed by atoms with van der Waals surface area (Å²) < 4.78 is 0. The minimum atomic E-state index is -0.439. The first kappa shape index (κ1) is 43.8. The Hall–Kier alpha value is -7.22. The highest BCUT2D eigenvalue weighted by molar-refractivity contribution is 6.03. The van der Waals surface area contributed by atoms with Crippen molar-refractivity contribution in [3.8, 4) is 55.6 Å². The Kier molecular flexibility index (Phi) is 8.95. The first-order valence-corrected chi connectivity index (χ1v) is 29.7. The van der Waals surface area contributed by atoms with Gasteiger partial charge in [-0.25, -0.2) is 0 Å². The van der Waals surface area contributed by atoms with Gasteiger partial charge < -0.3 is 4.90 Å². The molecule has 4 atom stereocenters. The summed E-state index contributed by atoms with van der Waals surface area (Å²) in [5.74, 6) is 6.26. The van der Waals surface area contributed by atoms with Crippen LogP contribution in [0.4, 0.5) is 17.1 Å². The van der Waals surface area contributed by atoms with Gasteiger partial charge in [0.1, 0.15) is 0 Å². The molecule has 0 aliphatic heterocycles. The summed E-state index contributed by atoms with van der Waals surface area (Å²) in [6.45, 7) is 4.89. The summed E-state index contributed by atoms with van der Waals surface area (Å²) in [7, 11) is 0. The molecule has 0 aromatic heterocycles. The second-order valence-corrected chi connectivity index (χ2v) is 26.4. The Morgan fingerprint density at radius 2 is 0.792 bits per heavy atom. The van der Waals surface area contributed by atoms with E-state index in [0.29, 0.717) is 23.7 Å².